The molecule has 0 aromatic rings. The van der Waals surface area contributed by atoms with Crippen LogP contribution in [0.4, 0.5) is 0 Å². The number of carboxylic acid groups (broad SMARTS) is 1. The van der Waals surface area contributed by atoms with Gasteiger partial charge < -0.3 is 20.8 Å². The van der Waals surface area contributed by atoms with Crippen molar-refractivity contribution in [2.45, 2.75) is 31.9 Å². The zero-order valence-electron chi connectivity index (χ0n) is 9.27. The Balaban J connectivity index is 2.50. The van der Waals surface area contributed by atoms with Crippen LogP contribution in [0.15, 0.2) is 0 Å². The van der Waals surface area contributed by atoms with Crippen molar-refractivity contribution in [2.75, 3.05) is 13.1 Å². The van der Waals surface area contributed by atoms with Gasteiger partial charge in [0.1, 0.15) is 0 Å². The van der Waals surface area contributed by atoms with Gasteiger partial charge in [-0.2, -0.15) is 0 Å². The summed E-state index contributed by atoms with van der Waals surface area (Å²) in [7, 11) is 0. The number of carbonyl (C=O) groups is 2. The lowest BCUT2D eigenvalue weighted by Gasteiger charge is -2.24. The predicted molar refractivity (Wildman–Crippen MR) is 56.8 cm³/mol. The number of hydrogen-bond acceptors (Lipinski definition) is 4. The molecule has 92 valence electrons. The quantitative estimate of drug-likeness (QED) is 0.493. The van der Waals surface area contributed by atoms with E-state index in [1.54, 1.807) is 0 Å². The fraction of sp³-hybridized carbons (Fsp3) is 0.800. The molecule has 1 amide bonds. The van der Waals surface area contributed by atoms with Crippen LogP contribution in [0.1, 0.15) is 19.8 Å². The summed E-state index contributed by atoms with van der Waals surface area (Å²) in [5.74, 6) is -1.72. The summed E-state index contributed by atoms with van der Waals surface area (Å²) < 4.78 is 0. The fourth-order valence-electron chi connectivity index (χ4n) is 1.74. The zero-order valence-corrected chi connectivity index (χ0v) is 9.27. The molecule has 0 aromatic heterocycles. The van der Waals surface area contributed by atoms with E-state index in [1.807, 2.05) is 0 Å². The van der Waals surface area contributed by atoms with Crippen molar-refractivity contribution >= 4 is 11.9 Å². The fourth-order valence-corrected chi connectivity index (χ4v) is 1.74. The number of hydrogen-bond donors (Lipinski definition) is 4. The second-order valence-electron chi connectivity index (χ2n) is 4.11. The molecular weight excluding hydrogens is 212 g/mol. The molecule has 1 aliphatic heterocycles. The second-order valence-corrected chi connectivity index (χ2v) is 4.11. The van der Waals surface area contributed by atoms with Crippen molar-refractivity contribution in [1.29, 1.82) is 0 Å². The number of amides is 1. The number of aliphatic hydroxyl groups is 1. The van der Waals surface area contributed by atoms with Crippen molar-refractivity contribution in [1.82, 2.24) is 10.6 Å². The molecule has 1 aliphatic rings. The van der Waals surface area contributed by atoms with Gasteiger partial charge in [0.25, 0.3) is 0 Å². The highest BCUT2D eigenvalue weighted by atomic mass is 16.4. The Kier molecular flexibility index (Phi) is 4.70. The molecule has 16 heavy (non-hydrogen) atoms. The van der Waals surface area contributed by atoms with Gasteiger partial charge in [-0.3, -0.25) is 4.79 Å². The molecule has 1 saturated heterocycles. The van der Waals surface area contributed by atoms with Crippen LogP contribution in [0.3, 0.4) is 0 Å². The predicted octanol–water partition coefficient (Wildman–Crippen LogP) is -1.06. The highest BCUT2D eigenvalue weighted by Crippen LogP contribution is 2.10. The Bertz CT molecular complexity index is 262. The largest absolute Gasteiger partial charge is 0.480 e. The first kappa shape index (κ1) is 12.9. The zero-order chi connectivity index (χ0) is 12.1. The van der Waals surface area contributed by atoms with Crippen LogP contribution >= 0.6 is 0 Å². The Labute approximate surface area is 94.0 Å². The number of aliphatic carboxylic acids is 1. The Morgan fingerprint density at radius 2 is 2.19 bits per heavy atom. The van der Waals surface area contributed by atoms with E-state index in [1.165, 1.54) is 6.92 Å². The summed E-state index contributed by atoms with van der Waals surface area (Å²) in [4.78, 5) is 22.5. The maximum atomic E-state index is 11.7. The minimum Gasteiger partial charge on any atom is -0.480 e. The number of carboxylic acids is 1. The molecule has 0 bridgehead atoms. The van der Waals surface area contributed by atoms with E-state index in [2.05, 4.69) is 10.6 Å². The molecule has 1 fully saturated rings. The Morgan fingerprint density at radius 1 is 1.50 bits per heavy atom. The second kappa shape index (κ2) is 5.81. The molecule has 4 N–H and O–H groups in total. The standard InChI is InChI=1S/C10H18N2O4/c1-6(13)8(10(15)16)12-9(14)7-3-2-4-11-5-7/h6-8,11,13H,2-5H2,1H3,(H,12,14)(H,15,16)/t6?,7-,8?/m1/s1. The average Bonchev–Trinajstić information content (AvgIpc) is 2.25. The third kappa shape index (κ3) is 3.46. The van der Waals surface area contributed by atoms with Gasteiger partial charge in [-0.25, -0.2) is 4.79 Å². The lowest BCUT2D eigenvalue weighted by molar-refractivity contribution is -0.145. The molecule has 0 aliphatic carbocycles. The maximum Gasteiger partial charge on any atom is 0.328 e. The number of piperidine rings is 1. The van der Waals surface area contributed by atoms with Crippen molar-refractivity contribution in [3.8, 4) is 0 Å². The molecule has 0 aromatic carbocycles. The minimum atomic E-state index is -1.23. The highest BCUT2D eigenvalue weighted by molar-refractivity contribution is 5.85. The van der Waals surface area contributed by atoms with Crippen LogP contribution in [-0.4, -0.2) is 47.3 Å². The first-order valence-electron chi connectivity index (χ1n) is 5.44. The summed E-state index contributed by atoms with van der Waals surface area (Å²) in [5, 5.41) is 23.5. The number of carbonyl (C=O) groups excluding carboxylic acids is 1. The van der Waals surface area contributed by atoms with Crippen LogP contribution in [0, 0.1) is 5.92 Å². The van der Waals surface area contributed by atoms with E-state index in [4.69, 9.17) is 5.11 Å². The monoisotopic (exact) mass is 230 g/mol. The molecule has 6 nitrogen and oxygen atoms in total. The van der Waals surface area contributed by atoms with Gasteiger partial charge in [0, 0.05) is 6.54 Å². The third-order valence-corrected chi connectivity index (χ3v) is 2.71. The van der Waals surface area contributed by atoms with Gasteiger partial charge >= 0.3 is 5.97 Å². The summed E-state index contributed by atoms with van der Waals surface area (Å²) >= 11 is 0. The average molecular weight is 230 g/mol. The van der Waals surface area contributed by atoms with E-state index < -0.39 is 18.1 Å². The topological polar surface area (TPSA) is 98.7 Å². The van der Waals surface area contributed by atoms with Gasteiger partial charge in [-0.15, -0.1) is 0 Å². The van der Waals surface area contributed by atoms with Crippen molar-refractivity contribution in [3.63, 3.8) is 0 Å². The molecule has 2 unspecified atom stereocenters. The minimum absolute atomic E-state index is 0.200. The highest BCUT2D eigenvalue weighted by Gasteiger charge is 2.29. The van der Waals surface area contributed by atoms with Gasteiger partial charge in [0.15, 0.2) is 6.04 Å². The third-order valence-electron chi connectivity index (χ3n) is 2.71. The van der Waals surface area contributed by atoms with E-state index >= 15 is 0 Å². The molecule has 6 heteroatoms. The van der Waals surface area contributed by atoms with Crippen molar-refractivity contribution < 1.29 is 19.8 Å². The van der Waals surface area contributed by atoms with Gasteiger partial charge in [0.2, 0.25) is 5.91 Å². The molecule has 3 atom stereocenters. The first-order valence-corrected chi connectivity index (χ1v) is 5.44. The van der Waals surface area contributed by atoms with E-state index in [9.17, 15) is 14.7 Å². The Hall–Kier alpha value is -1.14. The lowest BCUT2D eigenvalue weighted by Crippen LogP contribution is -2.51. The summed E-state index contributed by atoms with van der Waals surface area (Å²) in [6, 6.07) is -1.23. The van der Waals surface area contributed by atoms with Crippen LogP contribution in [0.25, 0.3) is 0 Å². The van der Waals surface area contributed by atoms with Crippen molar-refractivity contribution in [3.05, 3.63) is 0 Å². The molecule has 1 rings (SSSR count). The summed E-state index contributed by atoms with van der Waals surface area (Å²) in [5.41, 5.74) is 0. The summed E-state index contributed by atoms with van der Waals surface area (Å²) in [6.07, 6.45) is 0.563. The number of nitrogens with one attached hydrogen (secondary N) is 2. The van der Waals surface area contributed by atoms with Gasteiger partial charge in [-0.05, 0) is 26.3 Å². The SMILES string of the molecule is CC(O)C(NC(=O)[C@@H]1CCCNC1)C(=O)O. The normalized spacial score (nSPS) is 24.5. The molecule has 1 heterocycles. The number of aliphatic hydroxyl groups excluding tert-OH is 1. The van der Waals surface area contributed by atoms with E-state index in [0.717, 1.165) is 19.4 Å². The van der Waals surface area contributed by atoms with Crippen LogP contribution in [0.2, 0.25) is 0 Å². The maximum absolute atomic E-state index is 11.7. The first-order chi connectivity index (χ1) is 7.52. The van der Waals surface area contributed by atoms with Gasteiger partial charge in [-0.1, -0.05) is 0 Å². The van der Waals surface area contributed by atoms with E-state index in [-0.39, 0.29) is 11.8 Å². The molecule has 0 radical (unpaired) electrons. The molecular formula is C10H18N2O4. The van der Waals surface area contributed by atoms with Crippen LogP contribution in [-0.2, 0) is 9.59 Å². The van der Waals surface area contributed by atoms with E-state index in [0.29, 0.717) is 6.54 Å². The smallest absolute Gasteiger partial charge is 0.328 e. The van der Waals surface area contributed by atoms with Crippen LogP contribution in [0.5, 0.6) is 0 Å². The van der Waals surface area contributed by atoms with Crippen LogP contribution < -0.4 is 10.6 Å². The van der Waals surface area contributed by atoms with Crippen molar-refractivity contribution in [2.24, 2.45) is 5.92 Å². The number of rotatable bonds is 4. The summed E-state index contributed by atoms with van der Waals surface area (Å²) in [6.45, 7) is 2.80. The Morgan fingerprint density at radius 3 is 2.62 bits per heavy atom. The molecule has 0 saturated carbocycles. The van der Waals surface area contributed by atoms with Gasteiger partial charge in [0.05, 0.1) is 12.0 Å². The molecule has 0 spiro atoms. The lowest BCUT2D eigenvalue weighted by atomic mass is 9.98.